The van der Waals surface area contributed by atoms with Crippen LogP contribution in [0.3, 0.4) is 0 Å². The van der Waals surface area contributed by atoms with Gasteiger partial charge in [0.15, 0.2) is 0 Å². The summed E-state index contributed by atoms with van der Waals surface area (Å²) in [5, 5.41) is 9.72. The molecule has 5 atom stereocenters. The molecule has 0 spiro atoms. The van der Waals surface area contributed by atoms with Crippen LogP contribution < -0.4 is 0 Å². The van der Waals surface area contributed by atoms with Gasteiger partial charge in [-0.15, -0.1) is 0 Å². The molecule has 2 bridgehead atoms. The third-order valence-electron chi connectivity index (χ3n) is 6.91. The van der Waals surface area contributed by atoms with Crippen LogP contribution in [-0.2, 0) is 19.1 Å². The van der Waals surface area contributed by atoms with Crippen LogP contribution in [0.5, 0.6) is 0 Å². The minimum Gasteiger partial charge on any atom is -0.462 e. The van der Waals surface area contributed by atoms with Gasteiger partial charge in [0.05, 0.1) is 13.2 Å². The standard InChI is InChI=1S/C23H31NO5/c1-3-14(4-2)20(26)12-24-18-10-16(11-19(24)22-21(18)29-22)28-23(27)17(13-25)15-8-6-5-7-9-15/h5-9,14,16-19,21-22,25H,3-4,10-13H2,1-2H3. The lowest BCUT2D eigenvalue weighted by Gasteiger charge is -2.40. The summed E-state index contributed by atoms with van der Waals surface area (Å²) in [7, 11) is 0. The number of morpholine rings is 1. The number of carbonyl (C=O) groups excluding carboxylic acids is 2. The van der Waals surface area contributed by atoms with Crippen LogP contribution in [-0.4, -0.2) is 65.3 Å². The number of Topliss-reactive ketones (excluding diaryl/α,β-unsaturated/α-hetero) is 1. The average Bonchev–Trinajstić information content (AvgIpc) is 3.48. The Kier molecular flexibility index (Phi) is 6.04. The molecule has 0 aliphatic carbocycles. The predicted molar refractivity (Wildman–Crippen MR) is 107 cm³/mol. The molecular weight excluding hydrogens is 370 g/mol. The van der Waals surface area contributed by atoms with E-state index in [1.54, 1.807) is 0 Å². The van der Waals surface area contributed by atoms with Crippen LogP contribution in [0.15, 0.2) is 30.3 Å². The van der Waals surface area contributed by atoms with Crippen LogP contribution in [0.1, 0.15) is 51.0 Å². The third-order valence-corrected chi connectivity index (χ3v) is 6.91. The number of benzene rings is 1. The molecule has 0 amide bonds. The van der Waals surface area contributed by atoms with Crippen molar-refractivity contribution in [3.8, 4) is 0 Å². The van der Waals surface area contributed by atoms with E-state index in [1.807, 2.05) is 30.3 Å². The van der Waals surface area contributed by atoms with Crippen molar-refractivity contribution in [1.82, 2.24) is 4.90 Å². The second-order valence-corrected chi connectivity index (χ2v) is 8.53. The topological polar surface area (TPSA) is 79.4 Å². The molecule has 1 aromatic rings. The molecule has 6 nitrogen and oxygen atoms in total. The molecule has 0 radical (unpaired) electrons. The minimum absolute atomic E-state index is 0.124. The quantitative estimate of drug-likeness (QED) is 0.505. The lowest BCUT2D eigenvalue weighted by molar-refractivity contribution is -0.157. The van der Waals surface area contributed by atoms with Gasteiger partial charge in [-0.25, -0.2) is 0 Å². The number of ether oxygens (including phenoxy) is 2. The maximum atomic E-state index is 12.7. The summed E-state index contributed by atoms with van der Waals surface area (Å²) in [5.74, 6) is -0.599. The van der Waals surface area contributed by atoms with Crippen molar-refractivity contribution in [1.29, 1.82) is 0 Å². The fourth-order valence-corrected chi connectivity index (χ4v) is 5.18. The van der Waals surface area contributed by atoms with Gasteiger partial charge in [-0.2, -0.15) is 0 Å². The van der Waals surface area contributed by atoms with Crippen LogP contribution in [0, 0.1) is 5.92 Å². The Morgan fingerprint density at radius 1 is 1.14 bits per heavy atom. The fraction of sp³-hybridized carbons (Fsp3) is 0.652. The SMILES string of the molecule is CCC(CC)C(=O)CN1C2CC(OC(=O)C(CO)c3ccccc3)CC1C1OC12. The van der Waals surface area contributed by atoms with Crippen molar-refractivity contribution >= 4 is 11.8 Å². The predicted octanol–water partition coefficient (Wildman–Crippen LogP) is 2.29. The number of rotatable bonds is 9. The number of ketones is 1. The molecule has 3 aliphatic heterocycles. The van der Waals surface area contributed by atoms with Gasteiger partial charge < -0.3 is 14.6 Å². The summed E-state index contributed by atoms with van der Waals surface area (Å²) in [4.78, 5) is 27.7. The molecule has 0 saturated carbocycles. The number of esters is 1. The van der Waals surface area contributed by atoms with E-state index in [0.29, 0.717) is 25.2 Å². The number of hydrogen-bond donors (Lipinski definition) is 1. The summed E-state index contributed by atoms with van der Waals surface area (Å²) in [6.07, 6.45) is 3.28. The monoisotopic (exact) mass is 401 g/mol. The molecule has 0 aromatic heterocycles. The van der Waals surface area contributed by atoms with Gasteiger partial charge in [-0.05, 0) is 18.4 Å². The zero-order valence-electron chi connectivity index (χ0n) is 17.2. The van der Waals surface area contributed by atoms with E-state index in [1.165, 1.54) is 0 Å². The summed E-state index contributed by atoms with van der Waals surface area (Å²) >= 11 is 0. The lowest BCUT2D eigenvalue weighted by Crippen LogP contribution is -2.52. The molecule has 1 N–H and O–H groups in total. The fourth-order valence-electron chi connectivity index (χ4n) is 5.18. The Labute approximate surface area is 172 Å². The first-order valence-electron chi connectivity index (χ1n) is 10.9. The summed E-state index contributed by atoms with van der Waals surface area (Å²) in [6.45, 7) is 4.34. The Hall–Kier alpha value is -1.76. The van der Waals surface area contributed by atoms with Crippen LogP contribution in [0.2, 0.25) is 0 Å². The first-order valence-corrected chi connectivity index (χ1v) is 10.9. The first-order chi connectivity index (χ1) is 14.1. The number of nitrogens with zero attached hydrogens (tertiary/aromatic N) is 1. The number of fused-ring (bicyclic) bond motifs is 5. The Bertz CT molecular complexity index is 716. The molecule has 5 unspecified atom stereocenters. The molecule has 3 aliphatic rings. The van der Waals surface area contributed by atoms with Crippen LogP contribution >= 0.6 is 0 Å². The molecule has 3 fully saturated rings. The van der Waals surface area contributed by atoms with Gasteiger partial charge in [-0.3, -0.25) is 14.5 Å². The number of aliphatic hydroxyl groups is 1. The Balaban J connectivity index is 1.38. The van der Waals surface area contributed by atoms with E-state index >= 15 is 0 Å². The number of aliphatic hydroxyl groups excluding tert-OH is 1. The molecule has 158 valence electrons. The highest BCUT2D eigenvalue weighted by Crippen LogP contribution is 2.49. The first kappa shape index (κ1) is 20.5. The Morgan fingerprint density at radius 2 is 1.76 bits per heavy atom. The van der Waals surface area contributed by atoms with E-state index in [-0.39, 0.29) is 48.9 Å². The van der Waals surface area contributed by atoms with Crippen molar-refractivity contribution in [3.63, 3.8) is 0 Å². The number of carbonyl (C=O) groups is 2. The van der Waals surface area contributed by atoms with E-state index in [4.69, 9.17) is 9.47 Å². The minimum atomic E-state index is -0.658. The molecule has 3 heterocycles. The largest absolute Gasteiger partial charge is 0.462 e. The van der Waals surface area contributed by atoms with E-state index in [9.17, 15) is 14.7 Å². The highest BCUT2D eigenvalue weighted by molar-refractivity contribution is 5.83. The summed E-state index contributed by atoms with van der Waals surface area (Å²) in [5.41, 5.74) is 0.766. The molecule has 3 saturated heterocycles. The van der Waals surface area contributed by atoms with Gasteiger partial charge in [0.25, 0.3) is 0 Å². The van der Waals surface area contributed by atoms with E-state index in [2.05, 4.69) is 18.7 Å². The van der Waals surface area contributed by atoms with Crippen molar-refractivity contribution in [2.45, 2.75) is 75.8 Å². The van der Waals surface area contributed by atoms with Crippen LogP contribution in [0.4, 0.5) is 0 Å². The maximum Gasteiger partial charge on any atom is 0.316 e. The van der Waals surface area contributed by atoms with E-state index < -0.39 is 5.92 Å². The second kappa shape index (κ2) is 8.54. The summed E-state index contributed by atoms with van der Waals surface area (Å²) < 4.78 is 11.6. The number of epoxide rings is 1. The molecule has 6 heteroatoms. The van der Waals surface area contributed by atoms with Crippen LogP contribution in [0.25, 0.3) is 0 Å². The van der Waals surface area contributed by atoms with Crippen molar-refractivity contribution in [2.75, 3.05) is 13.2 Å². The summed E-state index contributed by atoms with van der Waals surface area (Å²) in [6, 6.07) is 9.53. The highest BCUT2D eigenvalue weighted by Gasteiger charge is 2.64. The smallest absolute Gasteiger partial charge is 0.316 e. The highest BCUT2D eigenvalue weighted by atomic mass is 16.6. The van der Waals surface area contributed by atoms with Crippen molar-refractivity contribution < 1.29 is 24.2 Å². The number of hydrogen-bond acceptors (Lipinski definition) is 6. The third kappa shape index (κ3) is 3.98. The molecule has 1 aromatic carbocycles. The lowest BCUT2D eigenvalue weighted by atomic mass is 9.94. The van der Waals surface area contributed by atoms with Crippen molar-refractivity contribution in [2.24, 2.45) is 5.92 Å². The van der Waals surface area contributed by atoms with Gasteiger partial charge in [0, 0.05) is 30.8 Å². The second-order valence-electron chi connectivity index (χ2n) is 8.53. The average molecular weight is 402 g/mol. The van der Waals surface area contributed by atoms with Crippen molar-refractivity contribution in [3.05, 3.63) is 35.9 Å². The van der Waals surface area contributed by atoms with Gasteiger partial charge in [-0.1, -0.05) is 44.2 Å². The molecule has 29 heavy (non-hydrogen) atoms. The van der Waals surface area contributed by atoms with Gasteiger partial charge >= 0.3 is 5.97 Å². The zero-order valence-corrected chi connectivity index (χ0v) is 17.2. The Morgan fingerprint density at radius 3 is 2.31 bits per heavy atom. The molecule has 4 rings (SSSR count). The molecular formula is C23H31NO5. The normalized spacial score (nSPS) is 31.4. The maximum absolute atomic E-state index is 12.7. The van der Waals surface area contributed by atoms with Gasteiger partial charge in [0.1, 0.15) is 30.0 Å². The van der Waals surface area contributed by atoms with Gasteiger partial charge in [0.2, 0.25) is 0 Å². The van der Waals surface area contributed by atoms with E-state index in [0.717, 1.165) is 18.4 Å². The zero-order chi connectivity index (χ0) is 20.5. The number of piperidine rings is 1.